The topological polar surface area (TPSA) is 52.9 Å². The number of aliphatic hydroxyl groups is 2. The molecule has 1 heterocycles. The Labute approximate surface area is 98.2 Å². The van der Waals surface area contributed by atoms with Gasteiger partial charge in [-0.3, -0.25) is 4.90 Å². The second kappa shape index (κ2) is 7.22. The summed E-state index contributed by atoms with van der Waals surface area (Å²) in [6, 6.07) is 0.199. The van der Waals surface area contributed by atoms with E-state index < -0.39 is 6.10 Å². The lowest BCUT2D eigenvalue weighted by Crippen LogP contribution is -2.50. The Morgan fingerprint density at radius 2 is 2.25 bits per heavy atom. The predicted octanol–water partition coefficient (Wildman–Crippen LogP) is 0.477. The summed E-state index contributed by atoms with van der Waals surface area (Å²) in [5.74, 6) is 0.512. The van der Waals surface area contributed by atoms with Gasteiger partial charge in [0, 0.05) is 19.2 Å². The third-order valence-corrected chi connectivity index (χ3v) is 3.38. The molecule has 1 saturated heterocycles. The monoisotopic (exact) mass is 231 g/mol. The van der Waals surface area contributed by atoms with Gasteiger partial charge in [0.2, 0.25) is 0 Å². The molecule has 3 unspecified atom stereocenters. The number of β-amino-alcohol motifs (C(OH)–C–C–N with tert-alkyl or cyclic N) is 1. The van der Waals surface area contributed by atoms with Crippen LogP contribution in [0, 0.1) is 5.92 Å². The van der Waals surface area contributed by atoms with Crippen molar-refractivity contribution in [2.24, 2.45) is 5.92 Å². The molecule has 4 heteroatoms. The number of likely N-dealkylation sites (tertiary alicyclic amines) is 1. The van der Waals surface area contributed by atoms with Crippen molar-refractivity contribution in [2.75, 3.05) is 32.9 Å². The van der Waals surface area contributed by atoms with Gasteiger partial charge >= 0.3 is 0 Å². The van der Waals surface area contributed by atoms with E-state index in [1.807, 2.05) is 6.92 Å². The third-order valence-electron chi connectivity index (χ3n) is 3.38. The lowest BCUT2D eigenvalue weighted by atomic mass is 9.91. The number of piperidine rings is 1. The predicted molar refractivity (Wildman–Crippen MR) is 63.3 cm³/mol. The summed E-state index contributed by atoms with van der Waals surface area (Å²) in [4.78, 5) is 2.19. The molecule has 0 aromatic carbocycles. The van der Waals surface area contributed by atoms with E-state index in [4.69, 9.17) is 4.74 Å². The highest BCUT2D eigenvalue weighted by Crippen LogP contribution is 2.22. The van der Waals surface area contributed by atoms with Crippen LogP contribution in [0.5, 0.6) is 0 Å². The van der Waals surface area contributed by atoms with Gasteiger partial charge in [0.05, 0.1) is 19.3 Å². The fourth-order valence-corrected chi connectivity index (χ4v) is 2.43. The molecule has 4 nitrogen and oxygen atoms in total. The van der Waals surface area contributed by atoms with E-state index in [1.165, 1.54) is 6.42 Å². The molecule has 1 rings (SSSR count). The van der Waals surface area contributed by atoms with Crippen LogP contribution >= 0.6 is 0 Å². The Morgan fingerprint density at radius 1 is 1.50 bits per heavy atom. The summed E-state index contributed by atoms with van der Waals surface area (Å²) in [6.07, 6.45) is 1.88. The minimum absolute atomic E-state index is 0.183. The molecule has 0 spiro atoms. The molecule has 16 heavy (non-hydrogen) atoms. The Morgan fingerprint density at radius 3 is 2.88 bits per heavy atom. The fraction of sp³-hybridized carbons (Fsp3) is 1.00. The molecule has 0 aromatic rings. The van der Waals surface area contributed by atoms with Crippen molar-refractivity contribution in [1.29, 1.82) is 0 Å². The van der Waals surface area contributed by atoms with Crippen LogP contribution in [0.2, 0.25) is 0 Å². The Hall–Kier alpha value is -0.160. The summed E-state index contributed by atoms with van der Waals surface area (Å²) in [6.45, 7) is 6.88. The van der Waals surface area contributed by atoms with E-state index in [0.29, 0.717) is 25.7 Å². The lowest BCUT2D eigenvalue weighted by molar-refractivity contribution is -0.0155. The molecular weight excluding hydrogens is 206 g/mol. The maximum absolute atomic E-state index is 9.78. The number of ether oxygens (including phenoxy) is 1. The van der Waals surface area contributed by atoms with Crippen LogP contribution in [-0.2, 0) is 4.74 Å². The number of aliphatic hydroxyl groups excluding tert-OH is 2. The minimum Gasteiger partial charge on any atom is -0.395 e. The smallest absolute Gasteiger partial charge is 0.0900 e. The maximum atomic E-state index is 9.78. The first-order valence-corrected chi connectivity index (χ1v) is 6.29. The molecule has 0 radical (unpaired) electrons. The second-order valence-corrected chi connectivity index (χ2v) is 4.68. The molecule has 0 amide bonds. The fourth-order valence-electron chi connectivity index (χ4n) is 2.43. The largest absolute Gasteiger partial charge is 0.395 e. The van der Waals surface area contributed by atoms with Gasteiger partial charge in [-0.2, -0.15) is 0 Å². The van der Waals surface area contributed by atoms with Crippen LogP contribution in [0.3, 0.4) is 0 Å². The molecule has 0 bridgehead atoms. The van der Waals surface area contributed by atoms with E-state index in [-0.39, 0.29) is 12.6 Å². The first kappa shape index (κ1) is 13.9. The third kappa shape index (κ3) is 4.01. The van der Waals surface area contributed by atoms with Gasteiger partial charge in [0.15, 0.2) is 0 Å². The molecule has 1 aliphatic heterocycles. The summed E-state index contributed by atoms with van der Waals surface area (Å²) in [7, 11) is 0. The lowest BCUT2D eigenvalue weighted by Gasteiger charge is -2.39. The SMILES string of the molecule is CCOCC(O)CN1CCCC(C)C1CO. The Bertz CT molecular complexity index is 189. The van der Waals surface area contributed by atoms with Gasteiger partial charge in [-0.25, -0.2) is 0 Å². The van der Waals surface area contributed by atoms with Crippen LogP contribution < -0.4 is 0 Å². The first-order chi connectivity index (χ1) is 7.69. The van der Waals surface area contributed by atoms with Gasteiger partial charge in [-0.05, 0) is 32.2 Å². The summed E-state index contributed by atoms with van der Waals surface area (Å²) >= 11 is 0. The number of hydrogen-bond acceptors (Lipinski definition) is 4. The second-order valence-electron chi connectivity index (χ2n) is 4.68. The molecule has 0 saturated carbocycles. The number of nitrogens with zero attached hydrogens (tertiary/aromatic N) is 1. The van der Waals surface area contributed by atoms with Crippen molar-refractivity contribution in [3.63, 3.8) is 0 Å². The zero-order chi connectivity index (χ0) is 12.0. The van der Waals surface area contributed by atoms with Crippen LogP contribution in [-0.4, -0.2) is 60.2 Å². The highest BCUT2D eigenvalue weighted by Gasteiger charge is 2.28. The van der Waals surface area contributed by atoms with Crippen molar-refractivity contribution in [1.82, 2.24) is 4.90 Å². The quantitative estimate of drug-likeness (QED) is 0.698. The van der Waals surface area contributed by atoms with Crippen LogP contribution in [0.1, 0.15) is 26.7 Å². The van der Waals surface area contributed by atoms with Gasteiger partial charge < -0.3 is 14.9 Å². The van der Waals surface area contributed by atoms with Crippen molar-refractivity contribution >= 4 is 0 Å². The van der Waals surface area contributed by atoms with Crippen molar-refractivity contribution in [3.05, 3.63) is 0 Å². The van der Waals surface area contributed by atoms with E-state index in [1.54, 1.807) is 0 Å². The van der Waals surface area contributed by atoms with E-state index in [2.05, 4.69) is 11.8 Å². The highest BCUT2D eigenvalue weighted by atomic mass is 16.5. The summed E-state index contributed by atoms with van der Waals surface area (Å²) in [5.41, 5.74) is 0. The van der Waals surface area contributed by atoms with Crippen LogP contribution in [0.25, 0.3) is 0 Å². The zero-order valence-electron chi connectivity index (χ0n) is 10.4. The Balaban J connectivity index is 2.38. The van der Waals surface area contributed by atoms with E-state index in [9.17, 15) is 10.2 Å². The van der Waals surface area contributed by atoms with Crippen molar-refractivity contribution in [3.8, 4) is 0 Å². The minimum atomic E-state index is -0.445. The van der Waals surface area contributed by atoms with Gasteiger partial charge in [0.1, 0.15) is 0 Å². The maximum Gasteiger partial charge on any atom is 0.0900 e. The molecule has 1 aliphatic rings. The molecule has 96 valence electrons. The average Bonchev–Trinajstić information content (AvgIpc) is 2.27. The summed E-state index contributed by atoms with van der Waals surface area (Å²) < 4.78 is 5.19. The van der Waals surface area contributed by atoms with Gasteiger partial charge in [-0.1, -0.05) is 6.92 Å². The van der Waals surface area contributed by atoms with Gasteiger partial charge in [-0.15, -0.1) is 0 Å². The van der Waals surface area contributed by atoms with E-state index >= 15 is 0 Å². The van der Waals surface area contributed by atoms with Crippen molar-refractivity contribution in [2.45, 2.75) is 38.8 Å². The van der Waals surface area contributed by atoms with Crippen molar-refractivity contribution < 1.29 is 14.9 Å². The average molecular weight is 231 g/mol. The molecular formula is C12H25NO3. The van der Waals surface area contributed by atoms with Crippen LogP contribution in [0.15, 0.2) is 0 Å². The number of hydrogen-bond donors (Lipinski definition) is 2. The Kier molecular flexibility index (Phi) is 6.28. The molecule has 0 aliphatic carbocycles. The zero-order valence-corrected chi connectivity index (χ0v) is 10.4. The normalized spacial score (nSPS) is 29.2. The highest BCUT2D eigenvalue weighted by molar-refractivity contribution is 4.82. The standard InChI is InChI=1S/C12H25NO3/c1-3-16-9-11(15)7-13-6-4-5-10(2)12(13)8-14/h10-12,14-15H,3-9H2,1-2H3. The summed E-state index contributed by atoms with van der Waals surface area (Å²) in [5, 5.41) is 19.2. The molecule has 1 fully saturated rings. The number of rotatable bonds is 6. The van der Waals surface area contributed by atoms with Gasteiger partial charge in [0.25, 0.3) is 0 Å². The molecule has 3 atom stereocenters. The molecule has 2 N–H and O–H groups in total. The first-order valence-electron chi connectivity index (χ1n) is 6.29. The molecule has 0 aromatic heterocycles. The van der Waals surface area contributed by atoms with Crippen LogP contribution in [0.4, 0.5) is 0 Å². The van der Waals surface area contributed by atoms with E-state index in [0.717, 1.165) is 13.0 Å².